The second kappa shape index (κ2) is 4.59. The molecule has 0 fully saturated rings. The summed E-state index contributed by atoms with van der Waals surface area (Å²) in [6.45, 7) is 0. The lowest BCUT2D eigenvalue weighted by atomic mass is 10.2. The van der Waals surface area contributed by atoms with Crippen LogP contribution in [-0.4, -0.2) is 33.6 Å². The van der Waals surface area contributed by atoms with E-state index in [-0.39, 0.29) is 16.5 Å². The number of halogens is 1. The van der Waals surface area contributed by atoms with Crippen LogP contribution in [0.25, 0.3) is 0 Å². The highest BCUT2D eigenvalue weighted by atomic mass is 35.5. The van der Waals surface area contributed by atoms with Gasteiger partial charge in [-0.15, -0.1) is 0 Å². The smallest absolute Gasteiger partial charge is 0.335 e. The first-order valence-corrected chi connectivity index (χ1v) is 5.79. The molecule has 0 aliphatic rings. The number of carbonyl (C=O) groups is 1. The van der Waals surface area contributed by atoms with E-state index < -0.39 is 17.0 Å². The van der Waals surface area contributed by atoms with E-state index in [4.69, 9.17) is 16.7 Å². The van der Waals surface area contributed by atoms with Crippen LogP contribution in [0.15, 0.2) is 12.1 Å². The van der Waals surface area contributed by atoms with Crippen LogP contribution in [0.4, 0.5) is 5.82 Å². The molecule has 1 N–H and O–H groups in total. The van der Waals surface area contributed by atoms with Crippen molar-refractivity contribution in [3.63, 3.8) is 0 Å². The Morgan fingerprint density at radius 1 is 1.60 bits per heavy atom. The maximum absolute atomic E-state index is 11.1. The summed E-state index contributed by atoms with van der Waals surface area (Å²) in [5.74, 6) is -0.837. The van der Waals surface area contributed by atoms with Crippen molar-refractivity contribution in [1.29, 1.82) is 0 Å². The van der Waals surface area contributed by atoms with Gasteiger partial charge >= 0.3 is 5.97 Å². The molecule has 0 aliphatic carbocycles. The molecule has 1 heterocycles. The van der Waals surface area contributed by atoms with Crippen molar-refractivity contribution >= 4 is 34.4 Å². The highest BCUT2D eigenvalue weighted by Crippen LogP contribution is 2.17. The van der Waals surface area contributed by atoms with Gasteiger partial charge in [0.15, 0.2) is 0 Å². The molecule has 7 heteroatoms. The van der Waals surface area contributed by atoms with Crippen molar-refractivity contribution in [2.75, 3.05) is 17.6 Å². The predicted octanol–water partition coefficient (Wildman–Crippen LogP) is 1.16. The van der Waals surface area contributed by atoms with Crippen LogP contribution in [0.3, 0.4) is 0 Å². The summed E-state index contributed by atoms with van der Waals surface area (Å²) >= 11 is 5.64. The second-order valence-electron chi connectivity index (χ2n) is 2.76. The summed E-state index contributed by atoms with van der Waals surface area (Å²) in [6.07, 6.45) is 1.46. The lowest BCUT2D eigenvalue weighted by Crippen LogP contribution is -2.20. The zero-order chi connectivity index (χ0) is 11.6. The van der Waals surface area contributed by atoms with Crippen molar-refractivity contribution in [3.8, 4) is 0 Å². The first-order chi connectivity index (χ1) is 6.91. The van der Waals surface area contributed by atoms with Gasteiger partial charge in [-0.1, -0.05) is 11.6 Å². The number of anilines is 1. The van der Waals surface area contributed by atoms with Gasteiger partial charge in [-0.25, -0.2) is 14.0 Å². The van der Waals surface area contributed by atoms with E-state index in [1.165, 1.54) is 22.7 Å². The Balaban J connectivity index is 3.20. The van der Waals surface area contributed by atoms with Crippen LogP contribution in [0.5, 0.6) is 0 Å². The molecule has 0 aromatic carbocycles. The number of hydrogen-bond donors (Lipinski definition) is 1. The molecule has 0 spiro atoms. The average Bonchev–Trinajstić information content (AvgIpc) is 2.15. The van der Waals surface area contributed by atoms with E-state index in [1.807, 2.05) is 0 Å². The minimum Gasteiger partial charge on any atom is -0.478 e. The summed E-state index contributed by atoms with van der Waals surface area (Å²) in [4.78, 5) is 14.6. The van der Waals surface area contributed by atoms with Crippen LogP contribution in [-0.2, 0) is 11.0 Å². The van der Waals surface area contributed by atoms with Gasteiger partial charge in [0.1, 0.15) is 22.0 Å². The Bertz CT molecular complexity index is 424. The second-order valence-corrected chi connectivity index (χ2v) is 4.55. The molecule has 0 bridgehead atoms. The molecule has 1 rings (SSSR count). The van der Waals surface area contributed by atoms with Gasteiger partial charge in [-0.05, 0) is 12.1 Å². The zero-order valence-corrected chi connectivity index (χ0v) is 9.67. The lowest BCUT2D eigenvalue weighted by molar-refractivity contribution is 0.0697. The molecule has 82 valence electrons. The maximum atomic E-state index is 11.1. The molecular formula is C8H9ClN2O3S. The topological polar surface area (TPSA) is 70.5 Å². The van der Waals surface area contributed by atoms with Crippen molar-refractivity contribution in [1.82, 2.24) is 4.98 Å². The third-order valence-corrected chi connectivity index (χ3v) is 2.89. The van der Waals surface area contributed by atoms with Crippen LogP contribution in [0.2, 0.25) is 5.15 Å². The number of aromatic nitrogens is 1. The molecular weight excluding hydrogens is 240 g/mol. The maximum Gasteiger partial charge on any atom is 0.335 e. The van der Waals surface area contributed by atoms with E-state index in [0.717, 1.165) is 0 Å². The third-order valence-electron chi connectivity index (χ3n) is 1.74. The molecule has 1 atom stereocenters. The Labute approximate surface area is 94.3 Å². The van der Waals surface area contributed by atoms with E-state index in [1.54, 1.807) is 7.05 Å². The molecule has 0 aliphatic heterocycles. The molecule has 1 unspecified atom stereocenters. The van der Waals surface area contributed by atoms with Crippen LogP contribution < -0.4 is 4.31 Å². The van der Waals surface area contributed by atoms with Gasteiger partial charge in [0, 0.05) is 13.3 Å². The molecule has 5 nitrogen and oxygen atoms in total. The minimum atomic E-state index is -1.27. The minimum absolute atomic E-state index is 0.0160. The predicted molar refractivity (Wildman–Crippen MR) is 58.7 cm³/mol. The number of nitrogens with zero attached hydrogens (tertiary/aromatic N) is 2. The Morgan fingerprint density at radius 2 is 2.20 bits per heavy atom. The van der Waals surface area contributed by atoms with E-state index in [2.05, 4.69) is 4.98 Å². The Hall–Kier alpha value is -1.14. The van der Waals surface area contributed by atoms with Crippen molar-refractivity contribution in [3.05, 3.63) is 22.8 Å². The Kier molecular flexibility index (Phi) is 3.65. The summed E-state index contributed by atoms with van der Waals surface area (Å²) in [6, 6.07) is 2.55. The Morgan fingerprint density at radius 3 is 2.67 bits per heavy atom. The molecule has 0 saturated heterocycles. The molecule has 1 aromatic rings. The number of rotatable bonds is 3. The fraction of sp³-hybridized carbons (Fsp3) is 0.250. The standard InChI is InChI=1S/C8H9ClN2O3S/c1-11(15(2)14)7-4-5(8(12)13)3-6(9)10-7/h3-4H,1-2H3,(H,12,13). The van der Waals surface area contributed by atoms with Gasteiger partial charge < -0.3 is 5.11 Å². The lowest BCUT2D eigenvalue weighted by Gasteiger charge is -2.14. The highest BCUT2D eigenvalue weighted by molar-refractivity contribution is 7.85. The monoisotopic (exact) mass is 248 g/mol. The summed E-state index contributed by atoms with van der Waals surface area (Å²) < 4.78 is 12.5. The molecule has 0 saturated carbocycles. The quantitative estimate of drug-likeness (QED) is 0.815. The number of carboxylic acids is 1. The summed E-state index contributed by atoms with van der Waals surface area (Å²) in [5.41, 5.74) is 0.0160. The molecule has 0 amide bonds. The van der Waals surface area contributed by atoms with Gasteiger partial charge in [-0.3, -0.25) is 4.31 Å². The largest absolute Gasteiger partial charge is 0.478 e. The van der Waals surface area contributed by atoms with Gasteiger partial charge in [-0.2, -0.15) is 0 Å². The summed E-state index contributed by atoms with van der Waals surface area (Å²) in [5, 5.41) is 8.83. The zero-order valence-electron chi connectivity index (χ0n) is 8.10. The van der Waals surface area contributed by atoms with Crippen molar-refractivity contribution < 1.29 is 14.1 Å². The summed E-state index contributed by atoms with van der Waals surface area (Å²) in [7, 11) is 0.270. The molecule has 1 aromatic heterocycles. The first kappa shape index (κ1) is 11.9. The highest BCUT2D eigenvalue weighted by Gasteiger charge is 2.12. The third kappa shape index (κ3) is 2.90. The number of aromatic carboxylic acids is 1. The average molecular weight is 249 g/mol. The molecule has 0 radical (unpaired) electrons. The van der Waals surface area contributed by atoms with Crippen LogP contribution >= 0.6 is 11.6 Å². The SMILES string of the molecule is CN(c1cc(C(=O)O)cc(Cl)n1)S(C)=O. The first-order valence-electron chi connectivity index (χ1n) is 3.90. The fourth-order valence-corrected chi connectivity index (χ4v) is 1.46. The fourth-order valence-electron chi connectivity index (χ4n) is 0.900. The normalized spacial score (nSPS) is 12.2. The van der Waals surface area contributed by atoms with E-state index in [0.29, 0.717) is 0 Å². The number of hydrogen-bond acceptors (Lipinski definition) is 3. The molecule has 15 heavy (non-hydrogen) atoms. The van der Waals surface area contributed by atoms with Gasteiger partial charge in [0.05, 0.1) is 5.56 Å². The van der Waals surface area contributed by atoms with Crippen molar-refractivity contribution in [2.24, 2.45) is 0 Å². The van der Waals surface area contributed by atoms with Crippen LogP contribution in [0.1, 0.15) is 10.4 Å². The van der Waals surface area contributed by atoms with Crippen molar-refractivity contribution in [2.45, 2.75) is 0 Å². The number of carboxylic acid groups (broad SMARTS) is 1. The van der Waals surface area contributed by atoms with Gasteiger partial charge in [0.25, 0.3) is 0 Å². The van der Waals surface area contributed by atoms with E-state index in [9.17, 15) is 9.00 Å². The van der Waals surface area contributed by atoms with Crippen LogP contribution in [0, 0.1) is 0 Å². The van der Waals surface area contributed by atoms with E-state index >= 15 is 0 Å². The number of pyridine rings is 1. The van der Waals surface area contributed by atoms with Gasteiger partial charge in [0.2, 0.25) is 0 Å².